The second-order valence-corrected chi connectivity index (χ2v) is 6.24. The van der Waals surface area contributed by atoms with Gasteiger partial charge in [-0.15, -0.1) is 11.3 Å². The van der Waals surface area contributed by atoms with E-state index in [0.717, 1.165) is 58.0 Å². The lowest BCUT2D eigenvalue weighted by atomic mass is 10.1. The average molecular weight is 309 g/mol. The Bertz CT molecular complexity index is 411. The second-order valence-electron chi connectivity index (χ2n) is 5.21. The van der Waals surface area contributed by atoms with Gasteiger partial charge < -0.3 is 15.0 Å². The lowest BCUT2D eigenvalue weighted by Gasteiger charge is -2.34. The van der Waals surface area contributed by atoms with Gasteiger partial charge in [0.1, 0.15) is 0 Å². The molecule has 21 heavy (non-hydrogen) atoms. The minimum absolute atomic E-state index is 0.431. The van der Waals surface area contributed by atoms with Crippen molar-refractivity contribution >= 4 is 17.3 Å². The van der Waals surface area contributed by atoms with Crippen LogP contribution >= 0.6 is 11.3 Å². The maximum absolute atomic E-state index is 5.72. The van der Waals surface area contributed by atoms with E-state index in [0.29, 0.717) is 6.10 Å². The molecule has 0 amide bonds. The fraction of sp³-hybridized carbons (Fsp3) is 0.688. The maximum Gasteiger partial charge on any atom is 0.193 e. The highest BCUT2D eigenvalue weighted by Crippen LogP contribution is 2.14. The quantitative estimate of drug-likeness (QED) is 0.648. The van der Waals surface area contributed by atoms with Crippen LogP contribution in [0.1, 0.15) is 31.6 Å². The molecule has 118 valence electrons. The molecule has 1 aliphatic heterocycles. The third-order valence-corrected chi connectivity index (χ3v) is 4.61. The number of likely N-dealkylation sites (tertiary alicyclic amines) is 1. The van der Waals surface area contributed by atoms with Crippen LogP contribution in [0.3, 0.4) is 0 Å². The molecule has 0 atom stereocenters. The molecule has 2 heterocycles. The lowest BCUT2D eigenvalue weighted by Crippen LogP contribution is -2.47. The van der Waals surface area contributed by atoms with E-state index in [1.807, 2.05) is 11.3 Å². The molecule has 0 saturated carbocycles. The number of thiophene rings is 1. The Balaban J connectivity index is 1.83. The topological polar surface area (TPSA) is 36.9 Å². The summed E-state index contributed by atoms with van der Waals surface area (Å²) in [5.41, 5.74) is 0. The van der Waals surface area contributed by atoms with E-state index in [1.54, 1.807) is 0 Å². The SMILES string of the molecule is CCNC(=NCCc1cccs1)N1CCC(OCC)CC1. The van der Waals surface area contributed by atoms with Crippen molar-refractivity contribution < 1.29 is 4.74 Å². The van der Waals surface area contributed by atoms with Gasteiger partial charge in [0.2, 0.25) is 0 Å². The number of rotatable bonds is 6. The fourth-order valence-electron chi connectivity index (χ4n) is 2.62. The van der Waals surface area contributed by atoms with Crippen LogP contribution in [-0.2, 0) is 11.2 Å². The second kappa shape index (κ2) is 9.05. The molecule has 4 nitrogen and oxygen atoms in total. The first-order valence-electron chi connectivity index (χ1n) is 8.00. The summed E-state index contributed by atoms with van der Waals surface area (Å²) < 4.78 is 5.72. The van der Waals surface area contributed by atoms with Gasteiger partial charge in [0.25, 0.3) is 0 Å². The number of hydrogen-bond donors (Lipinski definition) is 1. The fourth-order valence-corrected chi connectivity index (χ4v) is 3.32. The van der Waals surface area contributed by atoms with Gasteiger partial charge in [-0.25, -0.2) is 0 Å². The van der Waals surface area contributed by atoms with E-state index in [4.69, 9.17) is 9.73 Å². The summed E-state index contributed by atoms with van der Waals surface area (Å²) >= 11 is 1.81. The third-order valence-electron chi connectivity index (χ3n) is 3.68. The van der Waals surface area contributed by atoms with Crippen LogP contribution in [-0.4, -0.2) is 49.7 Å². The van der Waals surface area contributed by atoms with E-state index < -0.39 is 0 Å². The van der Waals surface area contributed by atoms with E-state index in [-0.39, 0.29) is 0 Å². The van der Waals surface area contributed by atoms with Crippen molar-refractivity contribution in [3.8, 4) is 0 Å². The summed E-state index contributed by atoms with van der Waals surface area (Å²) in [5, 5.41) is 5.55. The Morgan fingerprint density at radius 2 is 2.24 bits per heavy atom. The standard InChI is InChI=1S/C16H27N3OS/c1-3-17-16(18-10-7-15-6-5-13-21-15)19-11-8-14(9-12-19)20-4-2/h5-6,13-14H,3-4,7-12H2,1-2H3,(H,17,18). The molecule has 5 heteroatoms. The maximum atomic E-state index is 5.72. The zero-order valence-corrected chi connectivity index (χ0v) is 14.0. The number of nitrogens with one attached hydrogen (secondary N) is 1. The summed E-state index contributed by atoms with van der Waals surface area (Å²) in [5.74, 6) is 1.06. The Morgan fingerprint density at radius 3 is 2.86 bits per heavy atom. The normalized spacial score (nSPS) is 17.2. The molecule has 2 rings (SSSR count). The molecule has 1 aromatic heterocycles. The molecule has 1 fully saturated rings. The van der Waals surface area contributed by atoms with Crippen molar-refractivity contribution in [1.82, 2.24) is 10.2 Å². The molecule has 0 radical (unpaired) electrons. The molecule has 0 unspecified atom stereocenters. The summed E-state index contributed by atoms with van der Waals surface area (Å²) in [6.07, 6.45) is 3.66. The Hall–Kier alpha value is -1.07. The van der Waals surface area contributed by atoms with Gasteiger partial charge in [0.15, 0.2) is 5.96 Å². The zero-order valence-electron chi connectivity index (χ0n) is 13.2. The van der Waals surface area contributed by atoms with Crippen molar-refractivity contribution in [2.24, 2.45) is 4.99 Å². The van der Waals surface area contributed by atoms with E-state index in [2.05, 4.69) is 41.6 Å². The number of guanidine groups is 1. The molecule has 0 aromatic carbocycles. The van der Waals surface area contributed by atoms with Crippen molar-refractivity contribution in [1.29, 1.82) is 0 Å². The minimum Gasteiger partial charge on any atom is -0.378 e. The minimum atomic E-state index is 0.431. The first kappa shape index (κ1) is 16.3. The number of hydrogen-bond acceptors (Lipinski definition) is 3. The molecule has 0 spiro atoms. The molecule has 0 aliphatic carbocycles. The van der Waals surface area contributed by atoms with Crippen LogP contribution in [0.2, 0.25) is 0 Å². The van der Waals surface area contributed by atoms with Crippen LogP contribution in [0.4, 0.5) is 0 Å². The average Bonchev–Trinajstić information content (AvgIpc) is 3.01. The van der Waals surface area contributed by atoms with Crippen LogP contribution < -0.4 is 5.32 Å². The van der Waals surface area contributed by atoms with E-state index in [9.17, 15) is 0 Å². The largest absolute Gasteiger partial charge is 0.378 e. The van der Waals surface area contributed by atoms with Crippen molar-refractivity contribution in [3.05, 3.63) is 22.4 Å². The van der Waals surface area contributed by atoms with Crippen LogP contribution in [0.15, 0.2) is 22.5 Å². The smallest absolute Gasteiger partial charge is 0.193 e. The molecule has 0 bridgehead atoms. The summed E-state index contributed by atoms with van der Waals surface area (Å²) in [7, 11) is 0. The first-order valence-corrected chi connectivity index (χ1v) is 8.88. The van der Waals surface area contributed by atoms with Crippen LogP contribution in [0.5, 0.6) is 0 Å². The zero-order chi connectivity index (χ0) is 14.9. The van der Waals surface area contributed by atoms with Crippen molar-refractivity contribution in [3.63, 3.8) is 0 Å². The van der Waals surface area contributed by atoms with Crippen LogP contribution in [0, 0.1) is 0 Å². The molecular formula is C16H27N3OS. The van der Waals surface area contributed by atoms with Gasteiger partial charge in [-0.05, 0) is 38.1 Å². The highest BCUT2D eigenvalue weighted by atomic mass is 32.1. The third kappa shape index (κ3) is 5.32. The highest BCUT2D eigenvalue weighted by Gasteiger charge is 2.21. The van der Waals surface area contributed by atoms with E-state index in [1.165, 1.54) is 4.88 Å². The van der Waals surface area contributed by atoms with Gasteiger partial charge >= 0.3 is 0 Å². The predicted octanol–water partition coefficient (Wildman–Crippen LogP) is 2.76. The highest BCUT2D eigenvalue weighted by molar-refractivity contribution is 7.09. The number of ether oxygens (including phenoxy) is 1. The van der Waals surface area contributed by atoms with E-state index >= 15 is 0 Å². The molecule has 1 aliphatic rings. The number of piperidine rings is 1. The lowest BCUT2D eigenvalue weighted by molar-refractivity contribution is 0.0264. The summed E-state index contributed by atoms with van der Waals surface area (Å²) in [6, 6.07) is 4.29. The van der Waals surface area contributed by atoms with Gasteiger partial charge in [-0.3, -0.25) is 4.99 Å². The van der Waals surface area contributed by atoms with Gasteiger partial charge in [0.05, 0.1) is 6.10 Å². The number of nitrogens with zero attached hydrogens (tertiary/aromatic N) is 2. The molecular weight excluding hydrogens is 282 g/mol. The first-order chi connectivity index (χ1) is 10.3. The van der Waals surface area contributed by atoms with Gasteiger partial charge in [0, 0.05) is 44.1 Å². The predicted molar refractivity (Wildman–Crippen MR) is 90.2 cm³/mol. The summed E-state index contributed by atoms with van der Waals surface area (Å²) in [6.45, 7) is 8.87. The van der Waals surface area contributed by atoms with Gasteiger partial charge in [-0.1, -0.05) is 6.07 Å². The van der Waals surface area contributed by atoms with Crippen LogP contribution in [0.25, 0.3) is 0 Å². The monoisotopic (exact) mass is 309 g/mol. The Kier molecular flexibility index (Phi) is 7.03. The molecule has 1 N–H and O–H groups in total. The molecule has 1 saturated heterocycles. The molecule has 1 aromatic rings. The number of aliphatic imine (C=N–C) groups is 1. The summed E-state index contributed by atoms with van der Waals surface area (Å²) in [4.78, 5) is 8.56. The Labute approximate surface area is 132 Å². The van der Waals surface area contributed by atoms with Crippen molar-refractivity contribution in [2.75, 3.05) is 32.8 Å². The van der Waals surface area contributed by atoms with Gasteiger partial charge in [-0.2, -0.15) is 0 Å². The van der Waals surface area contributed by atoms with Crippen molar-refractivity contribution in [2.45, 2.75) is 39.2 Å². The Morgan fingerprint density at radius 1 is 1.43 bits per heavy atom.